The second-order valence-electron chi connectivity index (χ2n) is 6.08. The van der Waals surface area contributed by atoms with Gasteiger partial charge in [0.2, 0.25) is 0 Å². The van der Waals surface area contributed by atoms with Crippen molar-refractivity contribution in [2.45, 2.75) is 25.8 Å². The van der Waals surface area contributed by atoms with E-state index in [1.807, 2.05) is 30.3 Å². The number of para-hydroxylation sites is 1. The zero-order valence-corrected chi connectivity index (χ0v) is 14.2. The van der Waals surface area contributed by atoms with Gasteiger partial charge >= 0.3 is 0 Å². The highest BCUT2D eigenvalue weighted by molar-refractivity contribution is 5.92. The normalized spacial score (nSPS) is 17.8. The number of H-pyrrole nitrogens is 1. The van der Waals surface area contributed by atoms with Gasteiger partial charge in [-0.3, -0.25) is 9.89 Å². The van der Waals surface area contributed by atoms with Gasteiger partial charge in [-0.25, -0.2) is 0 Å². The van der Waals surface area contributed by atoms with Gasteiger partial charge in [0.15, 0.2) is 0 Å². The third-order valence-electron chi connectivity index (χ3n) is 4.62. The third-order valence-corrected chi connectivity index (χ3v) is 4.62. The van der Waals surface area contributed by atoms with Crippen molar-refractivity contribution in [3.63, 3.8) is 0 Å². The molecule has 1 aromatic carbocycles. The van der Waals surface area contributed by atoms with Crippen molar-refractivity contribution in [3.05, 3.63) is 47.3 Å². The number of hydrogen-bond acceptors (Lipinski definition) is 4. The Morgan fingerprint density at radius 1 is 1.46 bits per heavy atom. The fraction of sp³-hybridized carbons (Fsp3) is 0.444. The Kier molecular flexibility index (Phi) is 5.15. The lowest BCUT2D eigenvalue weighted by molar-refractivity contribution is 0.0945. The number of carbonyl (C=O) groups is 1. The first-order valence-corrected chi connectivity index (χ1v) is 8.39. The third kappa shape index (κ3) is 3.59. The molecule has 2 N–H and O–H groups in total. The van der Waals surface area contributed by atoms with Gasteiger partial charge in [-0.15, -0.1) is 0 Å². The maximum absolute atomic E-state index is 12.3. The predicted octanol–water partition coefficient (Wildman–Crippen LogP) is 2.16. The fourth-order valence-electron chi connectivity index (χ4n) is 3.15. The lowest BCUT2D eigenvalue weighted by Crippen LogP contribution is -2.23. The van der Waals surface area contributed by atoms with Gasteiger partial charge < -0.3 is 15.0 Å². The van der Waals surface area contributed by atoms with Gasteiger partial charge in [0.25, 0.3) is 5.91 Å². The van der Waals surface area contributed by atoms with Gasteiger partial charge in [0, 0.05) is 30.3 Å². The Morgan fingerprint density at radius 3 is 3.04 bits per heavy atom. The van der Waals surface area contributed by atoms with Crippen LogP contribution >= 0.6 is 0 Å². The summed E-state index contributed by atoms with van der Waals surface area (Å²) in [6.07, 6.45) is 1.11. The molecule has 1 aliphatic rings. The molecule has 0 unspecified atom stereocenters. The summed E-state index contributed by atoms with van der Waals surface area (Å²) in [5, 5.41) is 10.1. The Labute approximate surface area is 142 Å². The van der Waals surface area contributed by atoms with E-state index in [4.69, 9.17) is 4.74 Å². The Morgan fingerprint density at radius 2 is 2.29 bits per heavy atom. The molecule has 0 aliphatic carbocycles. The van der Waals surface area contributed by atoms with E-state index in [9.17, 15) is 4.79 Å². The number of methoxy groups -OCH3 is 1. The van der Waals surface area contributed by atoms with E-state index in [2.05, 4.69) is 27.3 Å². The van der Waals surface area contributed by atoms with Crippen molar-refractivity contribution in [2.75, 3.05) is 26.7 Å². The number of nitrogens with zero attached hydrogens (tertiary/aromatic N) is 2. The zero-order chi connectivity index (χ0) is 16.9. The molecular formula is C18H24N4O2. The molecule has 1 aliphatic heterocycles. The minimum atomic E-state index is -0.172. The molecule has 6 heteroatoms. The summed E-state index contributed by atoms with van der Waals surface area (Å²) < 4.78 is 5.30. The lowest BCUT2D eigenvalue weighted by Gasteiger charge is -2.11. The van der Waals surface area contributed by atoms with E-state index in [1.54, 1.807) is 7.11 Å². The van der Waals surface area contributed by atoms with Crippen molar-refractivity contribution >= 4 is 5.91 Å². The molecule has 0 bridgehead atoms. The minimum absolute atomic E-state index is 0.172. The summed E-state index contributed by atoms with van der Waals surface area (Å²) >= 11 is 0. The van der Waals surface area contributed by atoms with Crippen molar-refractivity contribution in [1.29, 1.82) is 0 Å². The number of likely N-dealkylation sites (N-methyl/N-ethyl adjacent to an activating group) is 1. The standard InChI is InChI=1S/C18H24N4O2/c1-3-22-9-8-14(12-22)15-10-16(21-20-15)18(23)19-11-13-6-4-5-7-17(13)24-2/h4-7,10,14H,3,8-9,11-12H2,1-2H3,(H,19,23)(H,20,21)/t14-/m1/s1. The molecule has 0 saturated carbocycles. The summed E-state index contributed by atoms with van der Waals surface area (Å²) in [6.45, 7) is 5.79. The SMILES string of the molecule is CCN1CC[C@@H](c2cc(C(=O)NCc3ccccc3OC)n[nH]2)C1. The van der Waals surface area contributed by atoms with E-state index in [0.29, 0.717) is 18.2 Å². The fourth-order valence-corrected chi connectivity index (χ4v) is 3.15. The number of ether oxygens (including phenoxy) is 1. The highest BCUT2D eigenvalue weighted by Crippen LogP contribution is 2.25. The second-order valence-corrected chi connectivity index (χ2v) is 6.08. The summed E-state index contributed by atoms with van der Waals surface area (Å²) in [5.74, 6) is 1.04. The first-order valence-electron chi connectivity index (χ1n) is 8.39. The average molecular weight is 328 g/mol. The largest absolute Gasteiger partial charge is 0.496 e. The van der Waals surface area contributed by atoms with Gasteiger partial charge in [0.1, 0.15) is 11.4 Å². The molecule has 24 heavy (non-hydrogen) atoms. The van der Waals surface area contributed by atoms with E-state index in [-0.39, 0.29) is 5.91 Å². The molecule has 1 aromatic heterocycles. The van der Waals surface area contributed by atoms with E-state index < -0.39 is 0 Å². The molecule has 1 fully saturated rings. The van der Waals surface area contributed by atoms with Crippen LogP contribution in [0.3, 0.4) is 0 Å². The number of hydrogen-bond donors (Lipinski definition) is 2. The summed E-state index contributed by atoms with van der Waals surface area (Å²) in [5.41, 5.74) is 2.43. The quantitative estimate of drug-likeness (QED) is 0.852. The number of benzene rings is 1. The predicted molar refractivity (Wildman–Crippen MR) is 92.2 cm³/mol. The zero-order valence-electron chi connectivity index (χ0n) is 14.2. The van der Waals surface area contributed by atoms with Crippen LogP contribution in [-0.2, 0) is 6.54 Å². The Hall–Kier alpha value is -2.34. The highest BCUT2D eigenvalue weighted by atomic mass is 16.5. The molecule has 3 rings (SSSR count). The van der Waals surface area contributed by atoms with Crippen LogP contribution in [0.15, 0.2) is 30.3 Å². The smallest absolute Gasteiger partial charge is 0.272 e. The minimum Gasteiger partial charge on any atom is -0.496 e. The Balaban J connectivity index is 1.60. The number of amides is 1. The van der Waals surface area contributed by atoms with Crippen LogP contribution in [0.25, 0.3) is 0 Å². The molecule has 0 spiro atoms. The van der Waals surface area contributed by atoms with Crippen LogP contribution in [0, 0.1) is 0 Å². The molecule has 0 radical (unpaired) electrons. The monoisotopic (exact) mass is 328 g/mol. The second kappa shape index (κ2) is 7.49. The van der Waals surface area contributed by atoms with Crippen LogP contribution in [0.1, 0.15) is 41.0 Å². The summed E-state index contributed by atoms with van der Waals surface area (Å²) in [4.78, 5) is 14.7. The number of nitrogens with one attached hydrogen (secondary N) is 2. The summed E-state index contributed by atoms with van der Waals surface area (Å²) in [6, 6.07) is 9.53. The van der Waals surface area contributed by atoms with Crippen LogP contribution in [0.2, 0.25) is 0 Å². The Bertz CT molecular complexity index is 698. The van der Waals surface area contributed by atoms with Crippen LogP contribution in [0.5, 0.6) is 5.75 Å². The van der Waals surface area contributed by atoms with Gasteiger partial charge in [-0.2, -0.15) is 5.10 Å². The number of aromatic nitrogens is 2. The molecule has 128 valence electrons. The summed E-state index contributed by atoms with van der Waals surface area (Å²) in [7, 11) is 1.63. The topological polar surface area (TPSA) is 70.2 Å². The van der Waals surface area contributed by atoms with E-state index >= 15 is 0 Å². The maximum atomic E-state index is 12.3. The molecule has 2 heterocycles. The van der Waals surface area contributed by atoms with Crippen molar-refractivity contribution in [2.24, 2.45) is 0 Å². The average Bonchev–Trinajstić information content (AvgIpc) is 3.28. The molecule has 1 atom stereocenters. The van der Waals surface area contributed by atoms with E-state index in [1.165, 1.54) is 0 Å². The first-order chi connectivity index (χ1) is 11.7. The van der Waals surface area contributed by atoms with Crippen LogP contribution in [0.4, 0.5) is 0 Å². The molecular weight excluding hydrogens is 304 g/mol. The van der Waals surface area contributed by atoms with Crippen LogP contribution in [-0.4, -0.2) is 47.7 Å². The molecule has 2 aromatic rings. The molecule has 1 amide bonds. The van der Waals surface area contributed by atoms with Gasteiger partial charge in [0.05, 0.1) is 7.11 Å². The highest BCUT2D eigenvalue weighted by Gasteiger charge is 2.25. The lowest BCUT2D eigenvalue weighted by atomic mass is 10.1. The first kappa shape index (κ1) is 16.5. The molecule has 1 saturated heterocycles. The van der Waals surface area contributed by atoms with Gasteiger partial charge in [-0.1, -0.05) is 25.1 Å². The van der Waals surface area contributed by atoms with Crippen molar-refractivity contribution < 1.29 is 9.53 Å². The van der Waals surface area contributed by atoms with Crippen molar-refractivity contribution in [1.82, 2.24) is 20.4 Å². The number of carbonyl (C=O) groups excluding carboxylic acids is 1. The van der Waals surface area contributed by atoms with Crippen molar-refractivity contribution in [3.8, 4) is 5.75 Å². The number of aromatic amines is 1. The van der Waals surface area contributed by atoms with E-state index in [0.717, 1.165) is 43.1 Å². The number of rotatable bonds is 6. The maximum Gasteiger partial charge on any atom is 0.272 e. The van der Waals surface area contributed by atoms with Crippen LogP contribution < -0.4 is 10.1 Å². The number of likely N-dealkylation sites (tertiary alicyclic amines) is 1. The molecule has 6 nitrogen and oxygen atoms in total. The van der Waals surface area contributed by atoms with Gasteiger partial charge in [-0.05, 0) is 31.6 Å².